The third-order valence-electron chi connectivity index (χ3n) is 2.89. The Hall–Kier alpha value is -0.570. The highest BCUT2D eigenvalue weighted by atomic mass is 16.5. The predicted octanol–water partition coefficient (Wildman–Crippen LogP) is 1.42. The Kier molecular flexibility index (Phi) is 3.72. The summed E-state index contributed by atoms with van der Waals surface area (Å²) in [5, 5.41) is 0. The number of nitrogens with zero attached hydrogens (tertiary/aromatic N) is 1. The Morgan fingerprint density at radius 1 is 1.62 bits per heavy atom. The minimum atomic E-state index is -0.100. The van der Waals surface area contributed by atoms with Gasteiger partial charge in [-0.05, 0) is 33.7 Å². The van der Waals surface area contributed by atoms with Crippen molar-refractivity contribution in [2.45, 2.75) is 45.2 Å². The first kappa shape index (κ1) is 10.5. The fraction of sp³-hybridized carbons (Fsp3) is 0.900. The van der Waals surface area contributed by atoms with Gasteiger partial charge in [0.2, 0.25) is 0 Å². The standard InChI is InChI=1S/C10H19NO2/c1-4-13-10(12)8(2)11(3)9-6-5-7-9/h8-9H,4-7H2,1-3H3. The van der Waals surface area contributed by atoms with E-state index in [9.17, 15) is 4.79 Å². The van der Waals surface area contributed by atoms with Gasteiger partial charge in [0, 0.05) is 6.04 Å². The number of esters is 1. The van der Waals surface area contributed by atoms with Crippen molar-refractivity contribution in [3.05, 3.63) is 0 Å². The maximum absolute atomic E-state index is 11.4. The van der Waals surface area contributed by atoms with E-state index in [1.165, 1.54) is 19.3 Å². The van der Waals surface area contributed by atoms with Gasteiger partial charge in [0.1, 0.15) is 6.04 Å². The van der Waals surface area contributed by atoms with Gasteiger partial charge in [0.15, 0.2) is 0 Å². The van der Waals surface area contributed by atoms with E-state index >= 15 is 0 Å². The molecule has 0 aromatic heterocycles. The van der Waals surface area contributed by atoms with Crippen LogP contribution in [0.1, 0.15) is 33.1 Å². The zero-order chi connectivity index (χ0) is 9.84. The average Bonchev–Trinajstić information content (AvgIpc) is 2.00. The molecule has 1 unspecified atom stereocenters. The third kappa shape index (κ3) is 2.44. The normalized spacial score (nSPS) is 19.7. The van der Waals surface area contributed by atoms with Crippen LogP contribution in [-0.2, 0) is 9.53 Å². The molecule has 3 heteroatoms. The molecular weight excluding hydrogens is 166 g/mol. The monoisotopic (exact) mass is 185 g/mol. The molecule has 0 heterocycles. The van der Waals surface area contributed by atoms with Crippen LogP contribution in [0, 0.1) is 0 Å². The average molecular weight is 185 g/mol. The Balaban J connectivity index is 2.35. The summed E-state index contributed by atoms with van der Waals surface area (Å²) in [5.41, 5.74) is 0. The number of carbonyl (C=O) groups is 1. The van der Waals surface area contributed by atoms with Gasteiger partial charge in [-0.25, -0.2) is 0 Å². The highest BCUT2D eigenvalue weighted by molar-refractivity contribution is 5.75. The van der Waals surface area contributed by atoms with Gasteiger partial charge in [0.25, 0.3) is 0 Å². The van der Waals surface area contributed by atoms with Crippen LogP contribution in [0.2, 0.25) is 0 Å². The number of ether oxygens (including phenoxy) is 1. The molecule has 1 aliphatic carbocycles. The Bertz CT molecular complexity index is 178. The quantitative estimate of drug-likeness (QED) is 0.620. The Morgan fingerprint density at radius 3 is 2.62 bits per heavy atom. The van der Waals surface area contributed by atoms with Crippen LogP contribution < -0.4 is 0 Å². The summed E-state index contributed by atoms with van der Waals surface area (Å²) < 4.78 is 4.96. The van der Waals surface area contributed by atoms with Gasteiger partial charge in [0.05, 0.1) is 6.61 Å². The third-order valence-corrected chi connectivity index (χ3v) is 2.89. The molecule has 0 spiro atoms. The van der Waals surface area contributed by atoms with Crippen LogP contribution in [0.3, 0.4) is 0 Å². The summed E-state index contributed by atoms with van der Waals surface area (Å²) in [6, 6.07) is 0.504. The molecule has 0 bridgehead atoms. The molecule has 1 atom stereocenters. The van der Waals surface area contributed by atoms with Gasteiger partial charge in [-0.2, -0.15) is 0 Å². The first-order valence-corrected chi connectivity index (χ1v) is 5.05. The molecule has 0 amide bonds. The number of carbonyl (C=O) groups excluding carboxylic acids is 1. The fourth-order valence-corrected chi connectivity index (χ4v) is 1.54. The second kappa shape index (κ2) is 4.61. The lowest BCUT2D eigenvalue weighted by Gasteiger charge is -2.37. The Labute approximate surface area is 80.1 Å². The number of likely N-dealkylation sites (N-methyl/N-ethyl adjacent to an activating group) is 1. The summed E-state index contributed by atoms with van der Waals surface area (Å²) in [6.45, 7) is 4.23. The van der Waals surface area contributed by atoms with Crippen molar-refractivity contribution in [3.63, 3.8) is 0 Å². The molecule has 0 N–H and O–H groups in total. The summed E-state index contributed by atoms with van der Waals surface area (Å²) in [5.74, 6) is -0.100. The molecular formula is C10H19NO2. The lowest BCUT2D eigenvalue weighted by Crippen LogP contribution is -2.46. The number of hydrogen-bond acceptors (Lipinski definition) is 3. The van der Waals surface area contributed by atoms with E-state index in [1.807, 2.05) is 20.9 Å². The molecule has 0 saturated heterocycles. The maximum Gasteiger partial charge on any atom is 0.323 e. The van der Waals surface area contributed by atoms with E-state index in [0.717, 1.165) is 0 Å². The molecule has 3 nitrogen and oxygen atoms in total. The van der Waals surface area contributed by atoms with Gasteiger partial charge in [-0.15, -0.1) is 0 Å². The summed E-state index contributed by atoms with van der Waals surface area (Å²) in [6.07, 6.45) is 3.74. The van der Waals surface area contributed by atoms with Crippen molar-refractivity contribution in [2.75, 3.05) is 13.7 Å². The van der Waals surface area contributed by atoms with Crippen LogP contribution in [-0.4, -0.2) is 36.6 Å². The summed E-state index contributed by atoms with van der Waals surface area (Å²) in [4.78, 5) is 13.5. The van der Waals surface area contributed by atoms with E-state index in [1.54, 1.807) is 0 Å². The van der Waals surface area contributed by atoms with E-state index in [4.69, 9.17) is 4.74 Å². The first-order valence-electron chi connectivity index (χ1n) is 5.05. The molecule has 0 aromatic rings. The van der Waals surface area contributed by atoms with Gasteiger partial charge < -0.3 is 4.74 Å². The van der Waals surface area contributed by atoms with E-state index in [-0.39, 0.29) is 12.0 Å². The summed E-state index contributed by atoms with van der Waals surface area (Å²) in [7, 11) is 2.01. The highest BCUT2D eigenvalue weighted by Gasteiger charge is 2.29. The molecule has 1 fully saturated rings. The number of rotatable bonds is 4. The second-order valence-electron chi connectivity index (χ2n) is 3.68. The van der Waals surface area contributed by atoms with Crippen molar-refractivity contribution in [1.82, 2.24) is 4.90 Å². The van der Waals surface area contributed by atoms with Crippen molar-refractivity contribution in [2.24, 2.45) is 0 Å². The largest absolute Gasteiger partial charge is 0.465 e. The molecule has 0 aromatic carbocycles. The lowest BCUT2D eigenvalue weighted by atomic mass is 9.91. The molecule has 13 heavy (non-hydrogen) atoms. The van der Waals surface area contributed by atoms with Crippen LogP contribution >= 0.6 is 0 Å². The predicted molar refractivity (Wildman–Crippen MR) is 51.5 cm³/mol. The minimum absolute atomic E-state index is 0.0924. The topological polar surface area (TPSA) is 29.5 Å². The van der Waals surface area contributed by atoms with Gasteiger partial charge in [-0.1, -0.05) is 6.42 Å². The van der Waals surface area contributed by atoms with Crippen LogP contribution in [0.5, 0.6) is 0 Å². The van der Waals surface area contributed by atoms with Crippen LogP contribution in [0.25, 0.3) is 0 Å². The zero-order valence-electron chi connectivity index (χ0n) is 8.75. The Morgan fingerprint density at radius 2 is 2.23 bits per heavy atom. The smallest absolute Gasteiger partial charge is 0.323 e. The van der Waals surface area contributed by atoms with Crippen molar-refractivity contribution >= 4 is 5.97 Å². The van der Waals surface area contributed by atoms with E-state index in [2.05, 4.69) is 4.90 Å². The lowest BCUT2D eigenvalue weighted by molar-refractivity contribution is -0.149. The number of hydrogen-bond donors (Lipinski definition) is 0. The van der Waals surface area contributed by atoms with Gasteiger partial charge in [-0.3, -0.25) is 9.69 Å². The van der Waals surface area contributed by atoms with Crippen molar-refractivity contribution in [1.29, 1.82) is 0 Å². The van der Waals surface area contributed by atoms with Gasteiger partial charge >= 0.3 is 5.97 Å². The fourth-order valence-electron chi connectivity index (χ4n) is 1.54. The van der Waals surface area contributed by atoms with Crippen molar-refractivity contribution in [3.8, 4) is 0 Å². The van der Waals surface area contributed by atoms with E-state index < -0.39 is 0 Å². The zero-order valence-corrected chi connectivity index (χ0v) is 8.75. The first-order chi connectivity index (χ1) is 6.16. The molecule has 0 aliphatic heterocycles. The summed E-state index contributed by atoms with van der Waals surface area (Å²) >= 11 is 0. The molecule has 1 saturated carbocycles. The maximum atomic E-state index is 11.4. The molecule has 76 valence electrons. The highest BCUT2D eigenvalue weighted by Crippen LogP contribution is 2.25. The minimum Gasteiger partial charge on any atom is -0.465 e. The molecule has 0 radical (unpaired) electrons. The molecule has 1 rings (SSSR count). The van der Waals surface area contributed by atoms with Crippen LogP contribution in [0.4, 0.5) is 0 Å². The second-order valence-corrected chi connectivity index (χ2v) is 3.68. The molecule has 1 aliphatic rings. The van der Waals surface area contributed by atoms with Crippen LogP contribution in [0.15, 0.2) is 0 Å². The van der Waals surface area contributed by atoms with Crippen molar-refractivity contribution < 1.29 is 9.53 Å². The SMILES string of the molecule is CCOC(=O)C(C)N(C)C1CCC1. The van der Waals surface area contributed by atoms with E-state index in [0.29, 0.717) is 12.6 Å².